The van der Waals surface area contributed by atoms with E-state index in [2.05, 4.69) is 19.2 Å². The van der Waals surface area contributed by atoms with Gasteiger partial charge in [-0.25, -0.2) is 8.42 Å². The second-order valence-electron chi connectivity index (χ2n) is 4.20. The highest BCUT2D eigenvalue weighted by Gasteiger charge is 2.31. The molecule has 3 nitrogen and oxygen atoms in total. The summed E-state index contributed by atoms with van der Waals surface area (Å²) >= 11 is 0. The van der Waals surface area contributed by atoms with Gasteiger partial charge in [0, 0.05) is 12.1 Å². The highest BCUT2D eigenvalue weighted by atomic mass is 32.2. The first-order valence-corrected chi connectivity index (χ1v) is 6.73. The van der Waals surface area contributed by atoms with E-state index in [-0.39, 0.29) is 12.1 Å². The van der Waals surface area contributed by atoms with Gasteiger partial charge in [-0.3, -0.25) is 0 Å². The van der Waals surface area contributed by atoms with Crippen molar-refractivity contribution in [2.24, 2.45) is 5.92 Å². The van der Waals surface area contributed by atoms with Crippen LogP contribution in [0.1, 0.15) is 27.2 Å². The zero-order valence-corrected chi connectivity index (χ0v) is 9.39. The van der Waals surface area contributed by atoms with Gasteiger partial charge < -0.3 is 5.32 Å². The molecule has 0 aliphatic carbocycles. The van der Waals surface area contributed by atoms with Gasteiger partial charge in [0.25, 0.3) is 0 Å². The standard InChI is InChI=1S/C9H19NO2S/c1-4-8-5-13(11,12)6-9(10-8)7(2)3/h7-10H,4-6H2,1-3H3. The summed E-state index contributed by atoms with van der Waals surface area (Å²) in [5.41, 5.74) is 0. The van der Waals surface area contributed by atoms with Crippen molar-refractivity contribution in [3.05, 3.63) is 0 Å². The van der Waals surface area contributed by atoms with Crippen LogP contribution >= 0.6 is 0 Å². The molecule has 78 valence electrons. The monoisotopic (exact) mass is 205 g/mol. The lowest BCUT2D eigenvalue weighted by Gasteiger charge is -2.32. The summed E-state index contributed by atoms with van der Waals surface area (Å²) in [6, 6.07) is 0.301. The van der Waals surface area contributed by atoms with Crippen molar-refractivity contribution in [2.45, 2.75) is 39.3 Å². The summed E-state index contributed by atoms with van der Waals surface area (Å²) in [5.74, 6) is 1.01. The molecule has 0 spiro atoms. The quantitative estimate of drug-likeness (QED) is 0.725. The molecule has 0 saturated carbocycles. The van der Waals surface area contributed by atoms with Crippen LogP contribution in [0.25, 0.3) is 0 Å². The fourth-order valence-corrected chi connectivity index (χ4v) is 3.78. The molecule has 1 fully saturated rings. The number of sulfone groups is 1. The van der Waals surface area contributed by atoms with Gasteiger partial charge in [-0.2, -0.15) is 0 Å². The molecular formula is C9H19NO2S. The van der Waals surface area contributed by atoms with Crippen LogP contribution in [0.2, 0.25) is 0 Å². The lowest BCUT2D eigenvalue weighted by Crippen LogP contribution is -2.53. The van der Waals surface area contributed by atoms with Crippen molar-refractivity contribution >= 4 is 9.84 Å². The van der Waals surface area contributed by atoms with Gasteiger partial charge in [-0.15, -0.1) is 0 Å². The molecule has 1 rings (SSSR count). The predicted octanol–water partition coefficient (Wildman–Crippen LogP) is 0.808. The summed E-state index contributed by atoms with van der Waals surface area (Å²) < 4.78 is 23.0. The molecule has 2 unspecified atom stereocenters. The van der Waals surface area contributed by atoms with Gasteiger partial charge in [0.15, 0.2) is 9.84 Å². The normalized spacial score (nSPS) is 33.5. The number of hydrogen-bond donors (Lipinski definition) is 1. The van der Waals surface area contributed by atoms with Crippen LogP contribution in [0.3, 0.4) is 0 Å². The van der Waals surface area contributed by atoms with Crippen LogP contribution in [0, 0.1) is 5.92 Å². The highest BCUT2D eigenvalue weighted by Crippen LogP contribution is 2.14. The third kappa shape index (κ3) is 2.95. The first-order valence-electron chi connectivity index (χ1n) is 4.91. The number of hydrogen-bond acceptors (Lipinski definition) is 3. The van der Waals surface area contributed by atoms with Crippen LogP contribution in [-0.4, -0.2) is 32.0 Å². The van der Waals surface area contributed by atoms with E-state index in [1.807, 2.05) is 6.92 Å². The maximum Gasteiger partial charge on any atom is 0.153 e. The second-order valence-corrected chi connectivity index (χ2v) is 6.35. The van der Waals surface area contributed by atoms with Crippen molar-refractivity contribution in [3.8, 4) is 0 Å². The third-order valence-electron chi connectivity index (χ3n) is 2.64. The Balaban J connectivity index is 2.71. The highest BCUT2D eigenvalue weighted by molar-refractivity contribution is 7.91. The maximum atomic E-state index is 11.5. The first kappa shape index (κ1) is 11.0. The molecular weight excluding hydrogens is 186 g/mol. The third-order valence-corrected chi connectivity index (χ3v) is 4.41. The molecule has 0 radical (unpaired) electrons. The van der Waals surface area contributed by atoms with Gasteiger partial charge in [-0.1, -0.05) is 20.8 Å². The van der Waals surface area contributed by atoms with Crippen molar-refractivity contribution < 1.29 is 8.42 Å². The van der Waals surface area contributed by atoms with Gasteiger partial charge in [0.05, 0.1) is 11.5 Å². The second kappa shape index (κ2) is 3.96. The van der Waals surface area contributed by atoms with Crippen molar-refractivity contribution in [1.29, 1.82) is 0 Å². The van der Waals surface area contributed by atoms with Gasteiger partial charge >= 0.3 is 0 Å². The first-order chi connectivity index (χ1) is 5.94. The largest absolute Gasteiger partial charge is 0.309 e. The predicted molar refractivity (Wildman–Crippen MR) is 54.5 cm³/mol. The Hall–Kier alpha value is -0.0900. The molecule has 1 aliphatic rings. The molecule has 2 atom stereocenters. The van der Waals surface area contributed by atoms with E-state index < -0.39 is 9.84 Å². The molecule has 13 heavy (non-hydrogen) atoms. The molecule has 0 aromatic carbocycles. The average molecular weight is 205 g/mol. The Morgan fingerprint density at radius 1 is 1.38 bits per heavy atom. The average Bonchev–Trinajstić information content (AvgIpc) is 2.01. The van der Waals surface area contributed by atoms with E-state index in [1.165, 1.54) is 0 Å². The van der Waals surface area contributed by atoms with Crippen molar-refractivity contribution in [2.75, 3.05) is 11.5 Å². The van der Waals surface area contributed by atoms with Crippen LogP contribution < -0.4 is 5.32 Å². The molecule has 1 aliphatic heterocycles. The Bertz CT molecular complexity index is 259. The fourth-order valence-electron chi connectivity index (χ4n) is 1.67. The van der Waals surface area contributed by atoms with Crippen LogP contribution in [0.15, 0.2) is 0 Å². The Labute approximate surface area is 80.8 Å². The van der Waals surface area contributed by atoms with E-state index in [4.69, 9.17) is 0 Å². The lowest BCUT2D eigenvalue weighted by atomic mass is 10.0. The summed E-state index contributed by atoms with van der Waals surface area (Å²) in [6.07, 6.45) is 0.891. The smallest absolute Gasteiger partial charge is 0.153 e. The SMILES string of the molecule is CCC1CS(=O)(=O)CC(C(C)C)N1. The fraction of sp³-hybridized carbons (Fsp3) is 1.00. The van der Waals surface area contributed by atoms with E-state index in [0.717, 1.165) is 6.42 Å². The summed E-state index contributed by atoms with van der Waals surface area (Å²) in [6.45, 7) is 6.15. The molecule has 0 aromatic heterocycles. The van der Waals surface area contributed by atoms with Crippen molar-refractivity contribution in [3.63, 3.8) is 0 Å². The molecule has 0 bridgehead atoms. The molecule has 1 saturated heterocycles. The zero-order chi connectivity index (χ0) is 10.1. The van der Waals surface area contributed by atoms with E-state index in [0.29, 0.717) is 17.4 Å². The number of rotatable bonds is 2. The minimum absolute atomic E-state index is 0.142. The molecule has 1 heterocycles. The summed E-state index contributed by atoms with van der Waals surface area (Å²) in [7, 11) is -2.80. The zero-order valence-electron chi connectivity index (χ0n) is 8.58. The van der Waals surface area contributed by atoms with Crippen molar-refractivity contribution in [1.82, 2.24) is 5.32 Å². The van der Waals surface area contributed by atoms with E-state index >= 15 is 0 Å². The summed E-state index contributed by atoms with van der Waals surface area (Å²) in [5, 5.41) is 3.38. The van der Waals surface area contributed by atoms with E-state index in [9.17, 15) is 8.42 Å². The van der Waals surface area contributed by atoms with Crippen LogP contribution in [0.5, 0.6) is 0 Å². The molecule has 4 heteroatoms. The van der Waals surface area contributed by atoms with Crippen LogP contribution in [-0.2, 0) is 9.84 Å². The number of nitrogens with one attached hydrogen (secondary N) is 1. The minimum atomic E-state index is -2.80. The van der Waals surface area contributed by atoms with Crippen LogP contribution in [0.4, 0.5) is 0 Å². The molecule has 0 amide bonds. The van der Waals surface area contributed by atoms with Gasteiger partial charge in [0.2, 0.25) is 0 Å². The topological polar surface area (TPSA) is 46.2 Å². The minimum Gasteiger partial charge on any atom is -0.309 e. The lowest BCUT2D eigenvalue weighted by molar-refractivity contribution is 0.363. The Kier molecular flexibility index (Phi) is 3.35. The summed E-state index contributed by atoms with van der Waals surface area (Å²) in [4.78, 5) is 0. The van der Waals surface area contributed by atoms with Gasteiger partial charge in [0.1, 0.15) is 0 Å². The Morgan fingerprint density at radius 3 is 2.46 bits per heavy atom. The molecule has 0 aromatic rings. The molecule has 1 N–H and O–H groups in total. The Morgan fingerprint density at radius 2 is 2.00 bits per heavy atom. The van der Waals surface area contributed by atoms with Gasteiger partial charge in [-0.05, 0) is 12.3 Å². The van der Waals surface area contributed by atoms with E-state index in [1.54, 1.807) is 0 Å². The maximum absolute atomic E-state index is 11.5.